The fourth-order valence-corrected chi connectivity index (χ4v) is 1.44. The second-order valence-electron chi connectivity index (χ2n) is 3.17. The van der Waals surface area contributed by atoms with Crippen LogP contribution < -0.4 is 0 Å². The van der Waals surface area contributed by atoms with Crippen molar-refractivity contribution in [1.29, 1.82) is 0 Å². The molecule has 2 rings (SSSR count). The van der Waals surface area contributed by atoms with E-state index < -0.39 is 5.97 Å². The number of rotatable bonds is 1. The number of pyridine rings is 1. The van der Waals surface area contributed by atoms with Gasteiger partial charge in [0.1, 0.15) is 5.69 Å². The summed E-state index contributed by atoms with van der Waals surface area (Å²) in [6.45, 7) is 0. The van der Waals surface area contributed by atoms with Gasteiger partial charge in [-0.2, -0.15) is 0 Å². The Morgan fingerprint density at radius 1 is 1.07 bits per heavy atom. The van der Waals surface area contributed by atoms with Crippen molar-refractivity contribution in [2.75, 3.05) is 0 Å². The highest BCUT2D eigenvalue weighted by Gasteiger charge is 2.23. The molecule has 1 heterocycles. The summed E-state index contributed by atoms with van der Waals surface area (Å²) < 4.78 is 0. The first-order chi connectivity index (χ1) is 6.97. The largest absolute Gasteiger partial charge is 0.338 e. The third-order valence-corrected chi connectivity index (χ3v) is 2.23. The molecule has 0 saturated heterocycles. The Morgan fingerprint density at radius 3 is 2.40 bits per heavy atom. The number of benzene rings is 1. The standard InChI is InChI=1S/C10H8ClNO3/c11-7-3-1-6-2-4-9(10(13,14)15)12-8(6)5-7/h1-5,13-15H. The molecule has 1 aromatic carbocycles. The van der Waals surface area contributed by atoms with Crippen molar-refractivity contribution in [3.05, 3.63) is 41.0 Å². The maximum atomic E-state index is 8.93. The van der Waals surface area contributed by atoms with Crippen molar-refractivity contribution in [2.24, 2.45) is 0 Å². The van der Waals surface area contributed by atoms with Crippen LogP contribution in [0.15, 0.2) is 30.3 Å². The second kappa shape index (κ2) is 3.43. The number of aliphatic hydroxyl groups is 3. The smallest absolute Gasteiger partial charge is 0.322 e. The first-order valence-electron chi connectivity index (χ1n) is 4.21. The van der Waals surface area contributed by atoms with Crippen LogP contribution >= 0.6 is 11.6 Å². The van der Waals surface area contributed by atoms with Gasteiger partial charge in [-0.1, -0.05) is 23.7 Å². The van der Waals surface area contributed by atoms with Crippen molar-refractivity contribution in [3.8, 4) is 0 Å². The summed E-state index contributed by atoms with van der Waals surface area (Å²) in [6, 6.07) is 7.98. The van der Waals surface area contributed by atoms with Gasteiger partial charge in [-0.25, -0.2) is 4.98 Å². The predicted molar refractivity (Wildman–Crippen MR) is 55.1 cm³/mol. The zero-order valence-corrected chi connectivity index (χ0v) is 8.31. The highest BCUT2D eigenvalue weighted by molar-refractivity contribution is 6.31. The molecule has 0 atom stereocenters. The molecule has 3 N–H and O–H groups in total. The van der Waals surface area contributed by atoms with Gasteiger partial charge in [0, 0.05) is 10.4 Å². The molecule has 4 nitrogen and oxygen atoms in total. The molecule has 1 aromatic heterocycles. The maximum Gasteiger partial charge on any atom is 0.322 e. The molecule has 0 unspecified atom stereocenters. The van der Waals surface area contributed by atoms with Crippen LogP contribution in [0, 0.1) is 0 Å². The fraction of sp³-hybridized carbons (Fsp3) is 0.100. The predicted octanol–water partition coefficient (Wildman–Crippen LogP) is 0.975. The Kier molecular flexibility index (Phi) is 2.36. The van der Waals surface area contributed by atoms with E-state index in [4.69, 9.17) is 26.9 Å². The number of aromatic nitrogens is 1. The van der Waals surface area contributed by atoms with E-state index in [-0.39, 0.29) is 5.69 Å². The molecular formula is C10H8ClNO3. The minimum Gasteiger partial charge on any atom is -0.338 e. The lowest BCUT2D eigenvalue weighted by Crippen LogP contribution is -2.25. The third kappa shape index (κ3) is 2.08. The van der Waals surface area contributed by atoms with E-state index in [0.29, 0.717) is 10.5 Å². The van der Waals surface area contributed by atoms with Gasteiger partial charge in [0.2, 0.25) is 0 Å². The SMILES string of the molecule is OC(O)(O)c1ccc2ccc(Cl)cc2n1. The summed E-state index contributed by atoms with van der Waals surface area (Å²) in [7, 11) is 0. The van der Waals surface area contributed by atoms with Crippen molar-refractivity contribution in [3.63, 3.8) is 0 Å². The fourth-order valence-electron chi connectivity index (χ4n) is 1.28. The van der Waals surface area contributed by atoms with Crippen LogP contribution in [-0.4, -0.2) is 20.3 Å². The lowest BCUT2D eigenvalue weighted by Gasteiger charge is -2.13. The number of hydrogen-bond acceptors (Lipinski definition) is 4. The van der Waals surface area contributed by atoms with E-state index in [2.05, 4.69) is 4.98 Å². The van der Waals surface area contributed by atoms with Crippen molar-refractivity contribution >= 4 is 22.5 Å². The molecule has 0 radical (unpaired) electrons. The van der Waals surface area contributed by atoms with Crippen LogP contribution in [-0.2, 0) is 5.97 Å². The van der Waals surface area contributed by atoms with E-state index >= 15 is 0 Å². The van der Waals surface area contributed by atoms with E-state index in [1.54, 1.807) is 24.3 Å². The minimum atomic E-state index is -2.92. The zero-order chi connectivity index (χ0) is 11.1. The molecule has 0 aliphatic heterocycles. The molecule has 0 saturated carbocycles. The van der Waals surface area contributed by atoms with E-state index in [9.17, 15) is 0 Å². The summed E-state index contributed by atoms with van der Waals surface area (Å²) >= 11 is 5.76. The number of halogens is 1. The summed E-state index contributed by atoms with van der Waals surface area (Å²) in [6.07, 6.45) is 0. The molecule has 0 spiro atoms. The maximum absolute atomic E-state index is 8.93. The van der Waals surface area contributed by atoms with Crippen molar-refractivity contribution < 1.29 is 15.3 Å². The van der Waals surface area contributed by atoms with Crippen LogP contribution in [0.3, 0.4) is 0 Å². The molecule has 0 aliphatic carbocycles. The number of nitrogens with zero attached hydrogens (tertiary/aromatic N) is 1. The van der Waals surface area contributed by atoms with Gasteiger partial charge in [-0.05, 0) is 18.2 Å². The normalized spacial score (nSPS) is 12.0. The topological polar surface area (TPSA) is 73.6 Å². The molecule has 78 valence electrons. The van der Waals surface area contributed by atoms with Gasteiger partial charge >= 0.3 is 5.97 Å². The van der Waals surface area contributed by atoms with E-state index in [1.165, 1.54) is 6.07 Å². The lowest BCUT2D eigenvalue weighted by molar-refractivity contribution is -0.326. The molecule has 15 heavy (non-hydrogen) atoms. The Labute approximate surface area is 90.4 Å². The molecule has 0 fully saturated rings. The lowest BCUT2D eigenvalue weighted by atomic mass is 10.2. The Balaban J connectivity index is 2.64. The molecule has 0 amide bonds. The van der Waals surface area contributed by atoms with Crippen LogP contribution in [0.2, 0.25) is 5.02 Å². The Morgan fingerprint density at radius 2 is 1.73 bits per heavy atom. The number of hydrogen-bond donors (Lipinski definition) is 3. The first-order valence-corrected chi connectivity index (χ1v) is 4.58. The van der Waals surface area contributed by atoms with Gasteiger partial charge < -0.3 is 15.3 Å². The average Bonchev–Trinajstić information content (AvgIpc) is 2.15. The Hall–Kier alpha value is -1.20. The van der Waals surface area contributed by atoms with Gasteiger partial charge in [-0.15, -0.1) is 0 Å². The zero-order valence-electron chi connectivity index (χ0n) is 7.55. The Bertz CT molecular complexity index is 507. The van der Waals surface area contributed by atoms with E-state index in [1.807, 2.05) is 0 Å². The molecule has 0 aliphatic rings. The monoisotopic (exact) mass is 225 g/mol. The van der Waals surface area contributed by atoms with Gasteiger partial charge in [0.15, 0.2) is 0 Å². The molecule has 2 aromatic rings. The second-order valence-corrected chi connectivity index (χ2v) is 3.61. The van der Waals surface area contributed by atoms with E-state index in [0.717, 1.165) is 5.39 Å². The summed E-state index contributed by atoms with van der Waals surface area (Å²) in [5, 5.41) is 28.1. The van der Waals surface area contributed by atoms with Crippen molar-refractivity contribution in [1.82, 2.24) is 4.98 Å². The summed E-state index contributed by atoms with van der Waals surface area (Å²) in [5.74, 6) is -2.92. The van der Waals surface area contributed by atoms with Crippen molar-refractivity contribution in [2.45, 2.75) is 5.97 Å². The first kappa shape index (κ1) is 10.3. The number of fused-ring (bicyclic) bond motifs is 1. The van der Waals surface area contributed by atoms with Gasteiger partial charge in [-0.3, -0.25) is 0 Å². The molecule has 5 heteroatoms. The van der Waals surface area contributed by atoms with Crippen LogP contribution in [0.5, 0.6) is 0 Å². The molecule has 0 bridgehead atoms. The highest BCUT2D eigenvalue weighted by Crippen LogP contribution is 2.20. The third-order valence-electron chi connectivity index (χ3n) is 2.00. The van der Waals surface area contributed by atoms with Crippen LogP contribution in [0.4, 0.5) is 0 Å². The van der Waals surface area contributed by atoms with Gasteiger partial charge in [0.25, 0.3) is 0 Å². The van der Waals surface area contributed by atoms with Crippen LogP contribution in [0.25, 0.3) is 10.9 Å². The molecular weight excluding hydrogens is 218 g/mol. The van der Waals surface area contributed by atoms with Gasteiger partial charge in [0.05, 0.1) is 5.52 Å². The summed E-state index contributed by atoms with van der Waals surface area (Å²) in [5.41, 5.74) is 0.249. The quantitative estimate of drug-likeness (QED) is 0.633. The van der Waals surface area contributed by atoms with Crippen LogP contribution in [0.1, 0.15) is 5.69 Å². The minimum absolute atomic E-state index is 0.239. The average molecular weight is 226 g/mol. The highest BCUT2D eigenvalue weighted by atomic mass is 35.5. The summed E-state index contributed by atoms with van der Waals surface area (Å²) in [4.78, 5) is 3.87.